The molecular formula is C16H12FN3O2S. The molecule has 7 heteroatoms. The first-order valence-electron chi connectivity index (χ1n) is 6.74. The van der Waals surface area contributed by atoms with E-state index in [1.54, 1.807) is 12.4 Å². The van der Waals surface area contributed by atoms with E-state index in [9.17, 15) is 14.3 Å². The molecule has 0 saturated heterocycles. The lowest BCUT2D eigenvalue weighted by Gasteiger charge is -2.10. The number of halogens is 1. The molecular weight excluding hydrogens is 317 g/mol. The molecule has 0 amide bonds. The number of imidazole rings is 1. The fourth-order valence-electron chi connectivity index (χ4n) is 2.05. The van der Waals surface area contributed by atoms with Crippen LogP contribution in [-0.2, 0) is 5.75 Å². The number of rotatable bonds is 5. The van der Waals surface area contributed by atoms with Crippen LogP contribution in [0.4, 0.5) is 4.39 Å². The molecule has 3 rings (SSSR count). The minimum atomic E-state index is -1.09. The Hall–Kier alpha value is -2.67. The maximum Gasteiger partial charge on any atom is 0.354 e. The van der Waals surface area contributed by atoms with E-state index < -0.39 is 5.97 Å². The van der Waals surface area contributed by atoms with Gasteiger partial charge in [-0.15, -0.1) is 0 Å². The Kier molecular flexibility index (Phi) is 4.38. The highest BCUT2D eigenvalue weighted by Crippen LogP contribution is 2.26. The molecule has 0 bridgehead atoms. The fourth-order valence-corrected chi connectivity index (χ4v) is 3.00. The van der Waals surface area contributed by atoms with Crippen LogP contribution in [0.1, 0.15) is 16.1 Å². The van der Waals surface area contributed by atoms with E-state index in [-0.39, 0.29) is 11.5 Å². The Labute approximate surface area is 135 Å². The SMILES string of the molecule is O=C(O)c1cnc(SCc2ccncc2)n1-c1ccc(F)cc1. The number of thioether (sulfide) groups is 1. The smallest absolute Gasteiger partial charge is 0.354 e. The summed E-state index contributed by atoms with van der Waals surface area (Å²) in [5.41, 5.74) is 1.64. The normalized spacial score (nSPS) is 10.7. The van der Waals surface area contributed by atoms with Crippen molar-refractivity contribution in [1.29, 1.82) is 0 Å². The van der Waals surface area contributed by atoms with Crippen molar-refractivity contribution in [2.75, 3.05) is 0 Å². The fraction of sp³-hybridized carbons (Fsp3) is 0.0625. The van der Waals surface area contributed by atoms with Crippen molar-refractivity contribution in [3.63, 3.8) is 0 Å². The molecule has 0 saturated carbocycles. The molecule has 0 aliphatic rings. The van der Waals surface area contributed by atoms with Gasteiger partial charge in [0.1, 0.15) is 5.82 Å². The number of aromatic carboxylic acids is 1. The van der Waals surface area contributed by atoms with Gasteiger partial charge in [0.05, 0.1) is 6.20 Å². The Morgan fingerprint density at radius 2 is 1.87 bits per heavy atom. The number of hydrogen-bond donors (Lipinski definition) is 1. The number of pyridine rings is 1. The van der Waals surface area contributed by atoms with Crippen LogP contribution in [0, 0.1) is 5.82 Å². The first kappa shape index (κ1) is 15.2. The number of carboxylic acid groups (broad SMARTS) is 1. The monoisotopic (exact) mass is 329 g/mol. The predicted molar refractivity (Wildman–Crippen MR) is 84.3 cm³/mol. The summed E-state index contributed by atoms with van der Waals surface area (Å²) >= 11 is 1.40. The molecule has 0 radical (unpaired) electrons. The second kappa shape index (κ2) is 6.62. The van der Waals surface area contributed by atoms with Gasteiger partial charge in [0.2, 0.25) is 0 Å². The molecule has 5 nitrogen and oxygen atoms in total. The molecule has 0 unspecified atom stereocenters. The summed E-state index contributed by atoms with van der Waals surface area (Å²) < 4.78 is 14.6. The molecule has 2 aromatic heterocycles. The number of aromatic nitrogens is 3. The first-order chi connectivity index (χ1) is 11.1. The summed E-state index contributed by atoms with van der Waals surface area (Å²) in [5.74, 6) is -0.839. The zero-order chi connectivity index (χ0) is 16.2. The lowest BCUT2D eigenvalue weighted by molar-refractivity contribution is 0.0687. The van der Waals surface area contributed by atoms with Crippen LogP contribution in [-0.4, -0.2) is 25.6 Å². The molecule has 0 aliphatic heterocycles. The second-order valence-corrected chi connectivity index (χ2v) is 5.63. The largest absolute Gasteiger partial charge is 0.477 e. The maximum absolute atomic E-state index is 13.1. The summed E-state index contributed by atoms with van der Waals surface area (Å²) in [6, 6.07) is 9.41. The number of benzene rings is 1. The highest BCUT2D eigenvalue weighted by atomic mass is 32.2. The third-order valence-electron chi connectivity index (χ3n) is 3.15. The average molecular weight is 329 g/mol. The minimum Gasteiger partial charge on any atom is -0.477 e. The van der Waals surface area contributed by atoms with E-state index in [1.165, 1.54) is 46.8 Å². The molecule has 0 aliphatic carbocycles. The summed E-state index contributed by atoms with van der Waals surface area (Å²) in [5, 5.41) is 9.86. The zero-order valence-electron chi connectivity index (χ0n) is 11.9. The van der Waals surface area contributed by atoms with Gasteiger partial charge in [-0.1, -0.05) is 11.8 Å². The molecule has 1 N–H and O–H groups in total. The quantitative estimate of drug-likeness (QED) is 0.727. The van der Waals surface area contributed by atoms with E-state index >= 15 is 0 Å². The highest BCUT2D eigenvalue weighted by Gasteiger charge is 2.17. The number of hydrogen-bond acceptors (Lipinski definition) is 4. The first-order valence-corrected chi connectivity index (χ1v) is 7.72. The molecule has 0 fully saturated rings. The van der Waals surface area contributed by atoms with Gasteiger partial charge >= 0.3 is 5.97 Å². The van der Waals surface area contributed by atoms with Crippen LogP contribution in [0.25, 0.3) is 5.69 Å². The Morgan fingerprint density at radius 1 is 1.17 bits per heavy atom. The van der Waals surface area contributed by atoms with Crippen LogP contribution >= 0.6 is 11.8 Å². The maximum atomic E-state index is 13.1. The highest BCUT2D eigenvalue weighted by molar-refractivity contribution is 7.98. The standard InChI is InChI=1S/C16H12FN3O2S/c17-12-1-3-13(4-2-12)20-14(15(21)22)9-19-16(20)23-10-11-5-7-18-8-6-11/h1-9H,10H2,(H,21,22). The van der Waals surface area contributed by atoms with Gasteiger partial charge < -0.3 is 5.11 Å². The molecule has 23 heavy (non-hydrogen) atoms. The van der Waals surface area contributed by atoms with Gasteiger partial charge in [-0.3, -0.25) is 9.55 Å². The van der Waals surface area contributed by atoms with Gasteiger partial charge in [-0.25, -0.2) is 14.2 Å². The lowest BCUT2D eigenvalue weighted by Crippen LogP contribution is -2.07. The molecule has 0 spiro atoms. The van der Waals surface area contributed by atoms with E-state index in [1.807, 2.05) is 12.1 Å². The Bertz CT molecular complexity index is 819. The van der Waals surface area contributed by atoms with Crippen molar-refractivity contribution in [2.24, 2.45) is 0 Å². The van der Waals surface area contributed by atoms with E-state index in [2.05, 4.69) is 9.97 Å². The Morgan fingerprint density at radius 3 is 2.52 bits per heavy atom. The van der Waals surface area contributed by atoms with Gasteiger partial charge in [0.15, 0.2) is 10.9 Å². The number of carbonyl (C=O) groups is 1. The summed E-state index contributed by atoms with van der Waals surface area (Å²) in [4.78, 5) is 19.5. The van der Waals surface area contributed by atoms with Gasteiger partial charge in [0.25, 0.3) is 0 Å². The van der Waals surface area contributed by atoms with E-state index in [0.29, 0.717) is 16.6 Å². The van der Waals surface area contributed by atoms with E-state index in [0.717, 1.165) is 5.56 Å². The van der Waals surface area contributed by atoms with Crippen molar-refractivity contribution in [3.05, 3.63) is 72.1 Å². The molecule has 3 aromatic rings. The number of nitrogens with zero attached hydrogens (tertiary/aromatic N) is 3. The van der Waals surface area contributed by atoms with Crippen LogP contribution in [0.5, 0.6) is 0 Å². The van der Waals surface area contributed by atoms with Gasteiger partial charge in [-0.05, 0) is 42.0 Å². The Balaban J connectivity index is 1.94. The average Bonchev–Trinajstić information content (AvgIpc) is 2.99. The lowest BCUT2D eigenvalue weighted by atomic mass is 10.3. The molecule has 116 valence electrons. The molecule has 1 aromatic carbocycles. The summed E-state index contributed by atoms with van der Waals surface area (Å²) in [6.45, 7) is 0. The molecule has 0 atom stereocenters. The van der Waals surface area contributed by atoms with Gasteiger partial charge in [0, 0.05) is 23.8 Å². The second-order valence-electron chi connectivity index (χ2n) is 4.69. The topological polar surface area (TPSA) is 68.0 Å². The van der Waals surface area contributed by atoms with Crippen molar-refractivity contribution < 1.29 is 14.3 Å². The van der Waals surface area contributed by atoms with Crippen molar-refractivity contribution >= 4 is 17.7 Å². The van der Waals surface area contributed by atoms with Crippen LogP contribution in [0.2, 0.25) is 0 Å². The van der Waals surface area contributed by atoms with E-state index in [4.69, 9.17) is 0 Å². The third kappa shape index (κ3) is 3.40. The van der Waals surface area contributed by atoms with Crippen LogP contribution in [0.3, 0.4) is 0 Å². The molecule has 2 heterocycles. The third-order valence-corrected chi connectivity index (χ3v) is 4.17. The van der Waals surface area contributed by atoms with Crippen molar-refractivity contribution in [2.45, 2.75) is 10.9 Å². The summed E-state index contributed by atoms with van der Waals surface area (Å²) in [6.07, 6.45) is 4.70. The summed E-state index contributed by atoms with van der Waals surface area (Å²) in [7, 11) is 0. The predicted octanol–water partition coefficient (Wildman–Crippen LogP) is 3.40. The van der Waals surface area contributed by atoms with Crippen molar-refractivity contribution in [1.82, 2.24) is 14.5 Å². The minimum absolute atomic E-state index is 0.0360. The van der Waals surface area contributed by atoms with Gasteiger partial charge in [-0.2, -0.15) is 0 Å². The van der Waals surface area contributed by atoms with Crippen LogP contribution in [0.15, 0.2) is 60.1 Å². The van der Waals surface area contributed by atoms with Crippen LogP contribution < -0.4 is 0 Å². The van der Waals surface area contributed by atoms with Crippen molar-refractivity contribution in [3.8, 4) is 5.69 Å². The zero-order valence-corrected chi connectivity index (χ0v) is 12.7. The number of carboxylic acids is 1.